The number of aryl methyl sites for hydroxylation is 1. The Labute approximate surface area is 217 Å². The van der Waals surface area contributed by atoms with Gasteiger partial charge in [-0.3, -0.25) is 0 Å². The number of benzene rings is 3. The van der Waals surface area contributed by atoms with Crippen molar-refractivity contribution >= 4 is 5.97 Å². The van der Waals surface area contributed by atoms with Gasteiger partial charge in [0.25, 0.3) is 0 Å². The van der Waals surface area contributed by atoms with Gasteiger partial charge in [-0.25, -0.2) is 4.79 Å². The highest BCUT2D eigenvalue weighted by molar-refractivity contribution is 5.91. The van der Waals surface area contributed by atoms with Gasteiger partial charge in [0, 0.05) is 6.61 Å². The molecule has 36 heavy (non-hydrogen) atoms. The summed E-state index contributed by atoms with van der Waals surface area (Å²) in [5, 5.41) is 0. The van der Waals surface area contributed by atoms with Crippen molar-refractivity contribution in [2.45, 2.75) is 84.7 Å². The summed E-state index contributed by atoms with van der Waals surface area (Å²) in [5.41, 5.74) is 5.25. The molecule has 0 spiro atoms. The lowest BCUT2D eigenvalue weighted by atomic mass is 10.0. The Morgan fingerprint density at radius 3 is 1.89 bits per heavy atom. The van der Waals surface area contributed by atoms with Gasteiger partial charge in [0.05, 0.1) is 11.7 Å². The van der Waals surface area contributed by atoms with Crippen molar-refractivity contribution in [3.8, 4) is 16.9 Å². The third-order valence-corrected chi connectivity index (χ3v) is 6.65. The van der Waals surface area contributed by atoms with E-state index >= 15 is 0 Å². The summed E-state index contributed by atoms with van der Waals surface area (Å²) in [6, 6.07) is 24.0. The van der Waals surface area contributed by atoms with Gasteiger partial charge in [0.15, 0.2) is 0 Å². The van der Waals surface area contributed by atoms with Gasteiger partial charge in [-0.2, -0.15) is 0 Å². The van der Waals surface area contributed by atoms with Crippen molar-refractivity contribution < 1.29 is 14.3 Å². The highest BCUT2D eigenvalue weighted by Gasteiger charge is 2.10. The minimum atomic E-state index is -0.326. The Morgan fingerprint density at radius 2 is 1.28 bits per heavy atom. The molecule has 0 saturated heterocycles. The molecule has 0 amide bonds. The van der Waals surface area contributed by atoms with E-state index in [1.165, 1.54) is 56.1 Å². The first-order valence-electron chi connectivity index (χ1n) is 13.7. The molecule has 192 valence electrons. The van der Waals surface area contributed by atoms with E-state index in [1.807, 2.05) is 48.5 Å². The molecule has 3 aromatic carbocycles. The Kier molecular flexibility index (Phi) is 11.7. The zero-order valence-corrected chi connectivity index (χ0v) is 22.3. The molecule has 0 aliphatic carbocycles. The van der Waals surface area contributed by atoms with Crippen molar-refractivity contribution in [1.29, 1.82) is 0 Å². The standard InChI is InChI=1S/C33H42O3/c1-4-6-8-10-12-27-13-15-31(16-14-27)33(34)36-32-23-21-30(22-24-32)29-19-17-28(18-20-29)26(3)35-25-11-9-7-5-2/h13-24,26H,4-12,25H2,1-3H3. The summed E-state index contributed by atoms with van der Waals surface area (Å²) in [7, 11) is 0. The van der Waals surface area contributed by atoms with Crippen molar-refractivity contribution in [2.24, 2.45) is 0 Å². The van der Waals surface area contributed by atoms with E-state index in [9.17, 15) is 4.79 Å². The first-order chi connectivity index (χ1) is 17.6. The first kappa shape index (κ1) is 27.7. The topological polar surface area (TPSA) is 35.5 Å². The van der Waals surface area contributed by atoms with Crippen LogP contribution in [0.1, 0.15) is 99.7 Å². The third-order valence-electron chi connectivity index (χ3n) is 6.65. The Balaban J connectivity index is 1.49. The lowest BCUT2D eigenvalue weighted by molar-refractivity contribution is 0.0628. The molecule has 0 bridgehead atoms. The van der Waals surface area contributed by atoms with Crippen LogP contribution >= 0.6 is 0 Å². The number of hydrogen-bond donors (Lipinski definition) is 0. The summed E-state index contributed by atoms with van der Waals surface area (Å²) in [6.07, 6.45) is 11.0. The predicted octanol–water partition coefficient (Wildman–Crippen LogP) is 9.35. The molecule has 0 aliphatic rings. The minimum absolute atomic E-state index is 0.0950. The second-order valence-electron chi connectivity index (χ2n) is 9.62. The fourth-order valence-corrected chi connectivity index (χ4v) is 4.28. The average molecular weight is 487 g/mol. The maximum Gasteiger partial charge on any atom is 0.343 e. The number of ether oxygens (including phenoxy) is 2. The van der Waals surface area contributed by atoms with Gasteiger partial charge in [0.1, 0.15) is 5.75 Å². The fraction of sp³-hybridized carbons (Fsp3) is 0.424. The molecule has 0 aliphatic heterocycles. The van der Waals surface area contributed by atoms with Crippen LogP contribution in [0.25, 0.3) is 11.1 Å². The second kappa shape index (κ2) is 15.3. The Morgan fingerprint density at radius 1 is 0.694 bits per heavy atom. The van der Waals surface area contributed by atoms with E-state index in [1.54, 1.807) is 0 Å². The SMILES string of the molecule is CCCCCCOC(C)c1ccc(-c2ccc(OC(=O)c3ccc(CCCCCC)cc3)cc2)cc1. The zero-order chi connectivity index (χ0) is 25.6. The van der Waals surface area contributed by atoms with Gasteiger partial charge < -0.3 is 9.47 Å². The molecule has 3 aromatic rings. The number of hydrogen-bond acceptors (Lipinski definition) is 3. The Bertz CT molecular complexity index is 1020. The monoisotopic (exact) mass is 486 g/mol. The van der Waals surface area contributed by atoms with Gasteiger partial charge in [0.2, 0.25) is 0 Å². The van der Waals surface area contributed by atoms with Crippen LogP contribution in [0.15, 0.2) is 72.8 Å². The maximum absolute atomic E-state index is 12.6. The zero-order valence-electron chi connectivity index (χ0n) is 22.3. The highest BCUT2D eigenvalue weighted by atomic mass is 16.5. The van der Waals surface area contributed by atoms with Gasteiger partial charge in [-0.15, -0.1) is 0 Å². The molecule has 3 rings (SSSR count). The quantitative estimate of drug-likeness (QED) is 0.122. The molecule has 0 fully saturated rings. The highest BCUT2D eigenvalue weighted by Crippen LogP contribution is 2.26. The molecule has 0 radical (unpaired) electrons. The molecule has 1 unspecified atom stereocenters. The van der Waals surface area contributed by atoms with Gasteiger partial charge in [-0.05, 0) is 72.7 Å². The van der Waals surface area contributed by atoms with Crippen LogP contribution in [0.5, 0.6) is 5.75 Å². The predicted molar refractivity (Wildman–Crippen MR) is 150 cm³/mol. The van der Waals surface area contributed by atoms with E-state index in [0.717, 1.165) is 30.6 Å². The fourth-order valence-electron chi connectivity index (χ4n) is 4.28. The molecule has 0 N–H and O–H groups in total. The summed E-state index contributed by atoms with van der Waals surface area (Å²) in [6.45, 7) is 7.37. The van der Waals surface area contributed by atoms with Gasteiger partial charge in [-0.1, -0.05) is 101 Å². The van der Waals surface area contributed by atoms with Crippen LogP contribution in [0.3, 0.4) is 0 Å². The van der Waals surface area contributed by atoms with Crippen LogP contribution in [-0.2, 0) is 11.2 Å². The summed E-state index contributed by atoms with van der Waals surface area (Å²) < 4.78 is 11.6. The van der Waals surface area contributed by atoms with Crippen molar-refractivity contribution in [3.05, 3.63) is 89.5 Å². The van der Waals surface area contributed by atoms with E-state index in [0.29, 0.717) is 11.3 Å². The molecule has 1 atom stereocenters. The lowest BCUT2D eigenvalue weighted by Crippen LogP contribution is -2.08. The molecule has 3 nitrogen and oxygen atoms in total. The summed E-state index contributed by atoms with van der Waals surface area (Å²) in [4.78, 5) is 12.6. The van der Waals surface area contributed by atoms with E-state index in [2.05, 4.69) is 45.0 Å². The minimum Gasteiger partial charge on any atom is -0.423 e. The number of unbranched alkanes of at least 4 members (excludes halogenated alkanes) is 6. The lowest BCUT2D eigenvalue weighted by Gasteiger charge is -2.14. The van der Waals surface area contributed by atoms with Crippen LogP contribution in [0, 0.1) is 0 Å². The molecule has 3 heteroatoms. The smallest absolute Gasteiger partial charge is 0.343 e. The molecular formula is C33H42O3. The summed E-state index contributed by atoms with van der Waals surface area (Å²) >= 11 is 0. The number of carbonyl (C=O) groups excluding carboxylic acids is 1. The normalized spacial score (nSPS) is 11.9. The number of rotatable bonds is 15. The van der Waals surface area contributed by atoms with Crippen LogP contribution in [-0.4, -0.2) is 12.6 Å². The molecule has 0 heterocycles. The largest absolute Gasteiger partial charge is 0.423 e. The van der Waals surface area contributed by atoms with Gasteiger partial charge >= 0.3 is 5.97 Å². The van der Waals surface area contributed by atoms with Crippen LogP contribution < -0.4 is 4.74 Å². The second-order valence-corrected chi connectivity index (χ2v) is 9.62. The average Bonchev–Trinajstić information content (AvgIpc) is 2.92. The van der Waals surface area contributed by atoms with Crippen molar-refractivity contribution in [2.75, 3.05) is 6.61 Å². The van der Waals surface area contributed by atoms with E-state index in [-0.39, 0.29) is 12.1 Å². The van der Waals surface area contributed by atoms with Crippen LogP contribution in [0.4, 0.5) is 0 Å². The van der Waals surface area contributed by atoms with E-state index < -0.39 is 0 Å². The third kappa shape index (κ3) is 8.95. The maximum atomic E-state index is 12.6. The summed E-state index contributed by atoms with van der Waals surface area (Å²) in [5.74, 6) is 0.224. The molecule has 0 aromatic heterocycles. The first-order valence-corrected chi connectivity index (χ1v) is 13.7. The number of carbonyl (C=O) groups is 1. The van der Waals surface area contributed by atoms with Crippen molar-refractivity contribution in [3.63, 3.8) is 0 Å². The van der Waals surface area contributed by atoms with E-state index in [4.69, 9.17) is 9.47 Å². The van der Waals surface area contributed by atoms with Crippen molar-refractivity contribution in [1.82, 2.24) is 0 Å². The molecule has 0 saturated carbocycles. The number of esters is 1. The molecular weight excluding hydrogens is 444 g/mol. The Hall–Kier alpha value is -2.91. The van der Waals surface area contributed by atoms with Crippen LogP contribution in [0.2, 0.25) is 0 Å².